The molecule has 4 rings (SSSR count). The van der Waals surface area contributed by atoms with E-state index in [1.54, 1.807) is 4.68 Å². The Morgan fingerprint density at radius 3 is 2.86 bits per heavy atom. The average Bonchev–Trinajstić information content (AvgIpc) is 3.09. The summed E-state index contributed by atoms with van der Waals surface area (Å²) in [6, 6.07) is 6.51. The first kappa shape index (κ1) is 13.0. The summed E-state index contributed by atoms with van der Waals surface area (Å²) in [5.74, 6) is 0.929. The number of nitrogens with two attached hydrogens (primary N) is 1. The average molecular weight is 346 g/mol. The molecule has 3 aromatic rings. The fourth-order valence-corrected chi connectivity index (χ4v) is 3.13. The first-order valence-electron chi connectivity index (χ1n) is 7.05. The molecule has 1 aliphatic rings. The van der Waals surface area contributed by atoms with Gasteiger partial charge in [-0.1, -0.05) is 15.9 Å². The van der Waals surface area contributed by atoms with Crippen LogP contribution >= 0.6 is 15.9 Å². The molecule has 6 heteroatoms. The van der Waals surface area contributed by atoms with Crippen molar-refractivity contribution in [1.82, 2.24) is 19.3 Å². The summed E-state index contributed by atoms with van der Waals surface area (Å²) in [4.78, 5) is 4.79. The standard InChI is InChI=1S/C15H16BrN5/c1-20-8-9(7-18-20)14(17)15-19-12-6-10(16)2-5-13(12)21(15)11-3-4-11/h2,5-8,11,14H,3-4,17H2,1H3. The highest BCUT2D eigenvalue weighted by molar-refractivity contribution is 9.10. The van der Waals surface area contributed by atoms with E-state index in [4.69, 9.17) is 10.7 Å². The number of hydrogen-bond acceptors (Lipinski definition) is 3. The maximum Gasteiger partial charge on any atom is 0.131 e. The van der Waals surface area contributed by atoms with Crippen molar-refractivity contribution in [3.63, 3.8) is 0 Å². The molecule has 1 unspecified atom stereocenters. The predicted octanol–water partition coefficient (Wildman–Crippen LogP) is 2.92. The van der Waals surface area contributed by atoms with Crippen molar-refractivity contribution in [3.8, 4) is 0 Å². The third kappa shape index (κ3) is 2.18. The molecule has 2 heterocycles. The van der Waals surface area contributed by atoms with Gasteiger partial charge < -0.3 is 10.3 Å². The number of aryl methyl sites for hydroxylation is 1. The Morgan fingerprint density at radius 1 is 1.38 bits per heavy atom. The van der Waals surface area contributed by atoms with Gasteiger partial charge in [-0.15, -0.1) is 0 Å². The number of nitrogens with zero attached hydrogens (tertiary/aromatic N) is 4. The van der Waals surface area contributed by atoms with Crippen LogP contribution in [-0.2, 0) is 7.05 Å². The number of halogens is 1. The van der Waals surface area contributed by atoms with Crippen LogP contribution in [0.4, 0.5) is 0 Å². The molecular formula is C15H16BrN5. The molecule has 2 aromatic heterocycles. The van der Waals surface area contributed by atoms with Gasteiger partial charge in [0.2, 0.25) is 0 Å². The first-order chi connectivity index (χ1) is 10.1. The number of hydrogen-bond donors (Lipinski definition) is 1. The van der Waals surface area contributed by atoms with E-state index >= 15 is 0 Å². The van der Waals surface area contributed by atoms with Crippen molar-refractivity contribution in [2.75, 3.05) is 0 Å². The topological polar surface area (TPSA) is 61.7 Å². The van der Waals surface area contributed by atoms with E-state index < -0.39 is 0 Å². The Bertz CT molecular complexity index is 815. The van der Waals surface area contributed by atoms with Gasteiger partial charge in [-0.25, -0.2) is 4.98 Å². The third-order valence-electron chi connectivity index (χ3n) is 3.95. The molecule has 0 spiro atoms. The van der Waals surface area contributed by atoms with Crippen LogP contribution in [0.25, 0.3) is 11.0 Å². The molecule has 0 saturated heterocycles. The van der Waals surface area contributed by atoms with Crippen LogP contribution < -0.4 is 5.73 Å². The lowest BCUT2D eigenvalue weighted by Crippen LogP contribution is -2.17. The minimum absolute atomic E-state index is 0.245. The number of benzene rings is 1. The Kier molecular flexibility index (Phi) is 2.90. The second kappa shape index (κ2) is 4.68. The van der Waals surface area contributed by atoms with Crippen LogP contribution in [0.15, 0.2) is 35.1 Å². The highest BCUT2D eigenvalue weighted by Crippen LogP contribution is 2.40. The molecule has 108 valence electrons. The van der Waals surface area contributed by atoms with Gasteiger partial charge in [0.1, 0.15) is 5.82 Å². The summed E-state index contributed by atoms with van der Waals surface area (Å²) in [5, 5.41) is 4.21. The molecule has 0 aliphatic heterocycles. The first-order valence-corrected chi connectivity index (χ1v) is 7.84. The lowest BCUT2D eigenvalue weighted by atomic mass is 10.1. The Balaban J connectivity index is 1.89. The summed E-state index contributed by atoms with van der Waals surface area (Å²) in [7, 11) is 1.90. The summed E-state index contributed by atoms with van der Waals surface area (Å²) < 4.78 is 5.12. The molecule has 0 bridgehead atoms. The van der Waals surface area contributed by atoms with E-state index in [-0.39, 0.29) is 6.04 Å². The molecule has 0 amide bonds. The van der Waals surface area contributed by atoms with Crippen LogP contribution in [0.5, 0.6) is 0 Å². The number of imidazole rings is 1. The van der Waals surface area contributed by atoms with E-state index in [1.807, 2.05) is 25.5 Å². The van der Waals surface area contributed by atoms with E-state index in [0.29, 0.717) is 6.04 Å². The quantitative estimate of drug-likeness (QED) is 0.793. The zero-order valence-electron chi connectivity index (χ0n) is 11.7. The molecular weight excluding hydrogens is 330 g/mol. The molecule has 1 aliphatic carbocycles. The second-order valence-electron chi connectivity index (χ2n) is 5.63. The summed E-state index contributed by atoms with van der Waals surface area (Å²) in [6.07, 6.45) is 6.18. The van der Waals surface area contributed by atoms with Gasteiger partial charge in [-0.05, 0) is 31.0 Å². The Morgan fingerprint density at radius 2 is 2.19 bits per heavy atom. The summed E-state index contributed by atoms with van der Waals surface area (Å²) in [5.41, 5.74) is 9.60. The van der Waals surface area contributed by atoms with Gasteiger partial charge in [-0.2, -0.15) is 5.10 Å². The van der Waals surface area contributed by atoms with Gasteiger partial charge in [0.15, 0.2) is 0 Å². The van der Waals surface area contributed by atoms with E-state index in [0.717, 1.165) is 26.9 Å². The van der Waals surface area contributed by atoms with Crippen LogP contribution in [-0.4, -0.2) is 19.3 Å². The van der Waals surface area contributed by atoms with Crippen molar-refractivity contribution in [2.24, 2.45) is 12.8 Å². The van der Waals surface area contributed by atoms with Crippen molar-refractivity contribution >= 4 is 27.0 Å². The molecule has 1 fully saturated rings. The lowest BCUT2D eigenvalue weighted by molar-refractivity contribution is 0.658. The van der Waals surface area contributed by atoms with Gasteiger partial charge in [0, 0.05) is 29.3 Å². The van der Waals surface area contributed by atoms with Gasteiger partial charge in [0.25, 0.3) is 0 Å². The highest BCUT2D eigenvalue weighted by Gasteiger charge is 2.30. The van der Waals surface area contributed by atoms with Crippen LogP contribution in [0.3, 0.4) is 0 Å². The maximum atomic E-state index is 6.45. The smallest absolute Gasteiger partial charge is 0.131 e. The molecule has 5 nitrogen and oxygen atoms in total. The molecule has 0 radical (unpaired) electrons. The highest BCUT2D eigenvalue weighted by atomic mass is 79.9. The third-order valence-corrected chi connectivity index (χ3v) is 4.45. The normalized spacial score (nSPS) is 16.5. The van der Waals surface area contributed by atoms with Crippen molar-refractivity contribution in [1.29, 1.82) is 0 Å². The molecule has 1 saturated carbocycles. The second-order valence-corrected chi connectivity index (χ2v) is 6.54. The SMILES string of the molecule is Cn1cc(C(N)c2nc3cc(Br)ccc3n2C2CC2)cn1. The van der Waals surface area contributed by atoms with Crippen molar-refractivity contribution in [3.05, 3.63) is 46.5 Å². The fourth-order valence-electron chi connectivity index (χ4n) is 2.78. The zero-order valence-corrected chi connectivity index (χ0v) is 13.3. The molecule has 1 aromatic carbocycles. The van der Waals surface area contributed by atoms with Crippen LogP contribution in [0, 0.1) is 0 Å². The number of rotatable bonds is 3. The van der Waals surface area contributed by atoms with Crippen LogP contribution in [0.2, 0.25) is 0 Å². The molecule has 2 N–H and O–H groups in total. The largest absolute Gasteiger partial charge is 0.323 e. The van der Waals surface area contributed by atoms with Gasteiger partial charge >= 0.3 is 0 Å². The van der Waals surface area contributed by atoms with Crippen molar-refractivity contribution in [2.45, 2.75) is 24.9 Å². The predicted molar refractivity (Wildman–Crippen MR) is 84.9 cm³/mol. The van der Waals surface area contributed by atoms with Gasteiger partial charge in [-0.3, -0.25) is 4.68 Å². The van der Waals surface area contributed by atoms with E-state index in [2.05, 4.69) is 37.7 Å². The van der Waals surface area contributed by atoms with Crippen LogP contribution in [0.1, 0.15) is 36.3 Å². The van der Waals surface area contributed by atoms with E-state index in [1.165, 1.54) is 12.8 Å². The monoisotopic (exact) mass is 345 g/mol. The molecule has 1 atom stereocenters. The Labute approximate surface area is 130 Å². The summed E-state index contributed by atoms with van der Waals surface area (Å²) in [6.45, 7) is 0. The fraction of sp³-hybridized carbons (Fsp3) is 0.333. The van der Waals surface area contributed by atoms with E-state index in [9.17, 15) is 0 Å². The number of aromatic nitrogens is 4. The molecule has 21 heavy (non-hydrogen) atoms. The lowest BCUT2D eigenvalue weighted by Gasteiger charge is -2.12. The minimum atomic E-state index is -0.245. The van der Waals surface area contributed by atoms with Crippen molar-refractivity contribution < 1.29 is 0 Å². The zero-order chi connectivity index (χ0) is 14.6. The van der Waals surface area contributed by atoms with Gasteiger partial charge in [0.05, 0.1) is 23.3 Å². The minimum Gasteiger partial charge on any atom is -0.323 e. The maximum absolute atomic E-state index is 6.45. The summed E-state index contributed by atoms with van der Waals surface area (Å²) >= 11 is 3.51. The Hall–Kier alpha value is -1.66. The number of fused-ring (bicyclic) bond motifs is 1.